The highest BCUT2D eigenvalue weighted by Gasteiger charge is 2.30. The Kier molecular flexibility index (Phi) is 40.2. The van der Waals surface area contributed by atoms with Crippen molar-refractivity contribution in [3.8, 4) is 51.0 Å². The highest BCUT2D eigenvalue weighted by Crippen LogP contribution is 2.37. The van der Waals surface area contributed by atoms with Gasteiger partial charge >= 0.3 is 12.2 Å². The molecule has 14 heterocycles. The first kappa shape index (κ1) is 113. The van der Waals surface area contributed by atoms with Gasteiger partial charge in [-0.1, -0.05) is 100 Å². The Morgan fingerprint density at radius 3 is 1.30 bits per heavy atom. The van der Waals surface area contributed by atoms with E-state index in [4.69, 9.17) is 9.47 Å². The molecule has 5 atom stereocenters. The highest BCUT2D eigenvalue weighted by molar-refractivity contribution is 7.59. The summed E-state index contributed by atoms with van der Waals surface area (Å²) in [7, 11) is 6.28. The molecule has 0 bridgehead atoms. The van der Waals surface area contributed by atoms with Crippen LogP contribution in [0.5, 0.6) is 6.01 Å². The molecule has 1 fully saturated rings. The lowest BCUT2D eigenvalue weighted by Crippen LogP contribution is -2.41. The standard InChI is InChI=1S/C30H33FN8O2.C26H26N6O2.C24H23F3N8O.C23H24N8O2.4H2S/c1-18(22-5-4-6-23-28(30(41)32-3)24(31)16-35-29(22)23)14-33-27-13-25(36-17-37-27)20-7-8-26(34-15-20)38-21-9-11-39(12-10-21)19(2)40;1-15(18-5-4-6-19-20(26(33)27-3)7-8-28-25(18)19)11-30-24-10-22(31-14-32-24)17-9-21-16(2)34-13-23(21)29-12-17;1-14(16-4-3-5-17-18(22(36)28-2)6-7-29-21(16)17)9-30-20-8-19(34-13-35-20)15-10-31-23(32-11-15)33-12-24(25,26)27;1-4-33-23-26-10-15(11-27-23)18-8-19(29-12-28-18)25-9-14(2)16-6-5-7-17-20(16)30-13-31-21(17)22(32)24-3;;;;/h4-8,13,15-18,21H,9-12,14H2,1-3H3,(H,32,41)(H,34,38)(H,33,36,37);4-10,12,14-16H,11,13H2,1-3H3,(H,27,33)(H,30,31,32);3-8,10-11,13-14H,9,12H2,1-2H3,(H,28,36)(H,30,34,35)(H,31,32,33);5-8,10-14H,4,9H2,1-3H3,(H,24,32)(H,25,28,29);4*1H2/t18-;15-,16+;2*14-;;;;/m1111..../s1. The zero-order valence-corrected chi connectivity index (χ0v) is 86.8. The Bertz CT molecular complexity index is 7290. The number of hydrogen-bond acceptors (Lipinski definition) is 32. The highest BCUT2D eigenvalue weighted by atomic mass is 32.1. The van der Waals surface area contributed by atoms with Gasteiger partial charge in [0.1, 0.15) is 73.0 Å². The third kappa shape index (κ3) is 28.1. The van der Waals surface area contributed by atoms with Gasteiger partial charge in [0.2, 0.25) is 11.9 Å². The van der Waals surface area contributed by atoms with Gasteiger partial charge in [-0.05, 0) is 79.3 Å². The lowest BCUT2D eigenvalue weighted by Gasteiger charge is -2.31. The average Bonchev–Trinajstić information content (AvgIpc) is 0.998. The molecule has 1 saturated heterocycles. The van der Waals surface area contributed by atoms with E-state index in [2.05, 4.69) is 174 Å². The van der Waals surface area contributed by atoms with E-state index in [0.717, 1.165) is 138 Å². The Balaban J connectivity index is 0.000000186. The molecule has 0 aliphatic carbocycles. The quantitative estimate of drug-likeness (QED) is 0.0187. The van der Waals surface area contributed by atoms with E-state index in [-0.39, 0.29) is 125 Å². The number of anilines is 6. The van der Waals surface area contributed by atoms with Crippen LogP contribution < -0.4 is 57.9 Å². The van der Waals surface area contributed by atoms with Gasteiger partial charge in [-0.3, -0.25) is 43.9 Å². The Morgan fingerprint density at radius 1 is 0.432 bits per heavy atom. The van der Waals surface area contributed by atoms with E-state index in [1.54, 1.807) is 89.6 Å². The van der Waals surface area contributed by atoms with Gasteiger partial charge in [0.05, 0.1) is 92.7 Å². The maximum atomic E-state index is 14.4. The summed E-state index contributed by atoms with van der Waals surface area (Å²) in [4.78, 5) is 144. The number of amides is 5. The van der Waals surface area contributed by atoms with Gasteiger partial charge in [-0.25, -0.2) is 79.2 Å². The molecule has 10 N–H and O–H groups in total. The van der Waals surface area contributed by atoms with Crippen LogP contribution >= 0.6 is 54.0 Å². The summed E-state index contributed by atoms with van der Waals surface area (Å²) in [6.45, 7) is 17.5. The maximum Gasteiger partial charge on any atom is 0.405 e. The van der Waals surface area contributed by atoms with E-state index < -0.39 is 24.4 Å². The number of alkyl halides is 3. The zero-order valence-electron chi connectivity index (χ0n) is 82.8. The van der Waals surface area contributed by atoms with Crippen LogP contribution in [0, 0.1) is 5.82 Å². The lowest BCUT2D eigenvalue weighted by atomic mass is 9.96. The topological polar surface area (TPSA) is 472 Å². The molecule has 770 valence electrons. The van der Waals surface area contributed by atoms with Gasteiger partial charge in [0.15, 0.2) is 5.82 Å². The normalized spacial score (nSPS) is 13.2. The fourth-order valence-electron chi connectivity index (χ4n) is 16.5. The van der Waals surface area contributed by atoms with Gasteiger partial charge in [-0.2, -0.15) is 67.2 Å². The van der Waals surface area contributed by atoms with Crippen LogP contribution in [0.2, 0.25) is 0 Å². The number of para-hydroxylation sites is 4. The summed E-state index contributed by atoms with van der Waals surface area (Å²) in [6, 6.07) is 40.4. The minimum absolute atomic E-state index is 0. The molecule has 5 amide bonds. The summed E-state index contributed by atoms with van der Waals surface area (Å²) in [5.41, 5.74) is 16.4. The van der Waals surface area contributed by atoms with Gasteiger partial charge < -0.3 is 67.5 Å². The number of rotatable bonds is 30. The third-order valence-corrected chi connectivity index (χ3v) is 24.3. The molecule has 0 spiro atoms. The van der Waals surface area contributed by atoms with Crippen molar-refractivity contribution in [2.75, 3.05) is 113 Å². The fourth-order valence-corrected chi connectivity index (χ4v) is 16.5. The number of nitrogens with zero attached hydrogens (tertiary/aromatic N) is 20. The first-order chi connectivity index (χ1) is 69.7. The second-order valence-corrected chi connectivity index (χ2v) is 34.0. The second kappa shape index (κ2) is 52.9. The number of aromatic nitrogens is 19. The molecule has 2 aliphatic heterocycles. The Hall–Kier alpha value is -15.7. The number of hydrogen-bond donors (Lipinski definition) is 10. The molecule has 2 aliphatic rings. The number of carbonyl (C=O) groups excluding carboxylic acids is 5. The number of ether oxygens (including phenoxy) is 2. The molecule has 45 heteroatoms. The maximum absolute atomic E-state index is 14.4. The number of piperidine rings is 1. The SMILES string of the molecule is CCOc1ncc(-c2cc(NC[C@@H](C)c3cccc4c(C(=O)NC)ncnc34)ncn2)cn1.CNC(=O)c1c(F)cnc2c([C@H](C)CNc3cc(-c4ccc(NC5CCN(C(C)=O)CC5)nc4)ncn3)cccc12.CNC(=O)c1ccnc2c([C@H](C)CNc3cc(-c4cnc(NCC(F)(F)F)nc4)ncn3)cccc12.CNC(=O)c1ccnc2c([C@H](C)CNc3cc(-c4cnc5c(c4)[C@H](C)OC5)ncn3)cccc12.S.S.S.S. The molecule has 4 aromatic carbocycles. The molecular formula is C103H114F4N30O7S4. The number of halogens is 4. The van der Waals surface area contributed by atoms with Crippen LogP contribution in [-0.2, 0) is 16.1 Å². The van der Waals surface area contributed by atoms with E-state index in [1.807, 2.05) is 130 Å². The number of pyridine rings is 5. The van der Waals surface area contributed by atoms with Crippen molar-refractivity contribution in [1.29, 1.82) is 0 Å². The number of likely N-dealkylation sites (tertiary alicyclic amines) is 1. The van der Waals surface area contributed by atoms with Crippen LogP contribution in [-0.4, -0.2) is 222 Å². The summed E-state index contributed by atoms with van der Waals surface area (Å²) in [5, 5.41) is 32.3. The van der Waals surface area contributed by atoms with Gasteiger partial charge in [0, 0.05) is 227 Å². The van der Waals surface area contributed by atoms with E-state index in [1.165, 1.54) is 44.8 Å². The summed E-state index contributed by atoms with van der Waals surface area (Å²) < 4.78 is 62.4. The van der Waals surface area contributed by atoms with Gasteiger partial charge in [0.25, 0.3) is 23.6 Å². The van der Waals surface area contributed by atoms with E-state index >= 15 is 0 Å². The molecule has 37 nitrogen and oxygen atoms in total. The van der Waals surface area contributed by atoms with Crippen molar-refractivity contribution in [2.24, 2.45) is 0 Å². The van der Waals surface area contributed by atoms with Crippen LogP contribution in [0.25, 0.3) is 88.6 Å². The van der Waals surface area contributed by atoms with Gasteiger partial charge in [-0.15, -0.1) is 0 Å². The largest absolute Gasteiger partial charge is 0.464 e. The van der Waals surface area contributed by atoms with Crippen molar-refractivity contribution >= 4 is 162 Å². The Labute approximate surface area is 878 Å². The van der Waals surface area contributed by atoms with Crippen LogP contribution in [0.4, 0.5) is 52.6 Å². The molecule has 0 unspecified atom stereocenters. The number of benzene rings is 4. The van der Waals surface area contributed by atoms with Crippen molar-refractivity contribution in [1.82, 2.24) is 121 Å². The van der Waals surface area contributed by atoms with Crippen molar-refractivity contribution in [2.45, 2.75) is 110 Å². The smallest absolute Gasteiger partial charge is 0.405 e. The van der Waals surface area contributed by atoms with Crippen LogP contribution in [0.15, 0.2) is 215 Å². The van der Waals surface area contributed by atoms with Crippen LogP contribution in [0.3, 0.4) is 0 Å². The molecule has 16 aromatic rings. The first-order valence-electron chi connectivity index (χ1n) is 46.6. The number of nitrogens with one attached hydrogen (secondary N) is 10. The summed E-state index contributed by atoms with van der Waals surface area (Å²) in [5.74, 6) is 2.00. The van der Waals surface area contributed by atoms with Crippen LogP contribution in [0.1, 0.15) is 166 Å². The third-order valence-electron chi connectivity index (χ3n) is 24.3. The first-order valence-corrected chi connectivity index (χ1v) is 46.6. The van der Waals surface area contributed by atoms with Crippen molar-refractivity contribution < 1.29 is 51.0 Å². The minimum Gasteiger partial charge on any atom is -0.464 e. The predicted octanol–water partition coefficient (Wildman–Crippen LogP) is 15.8. The van der Waals surface area contributed by atoms with E-state index in [9.17, 15) is 41.5 Å². The van der Waals surface area contributed by atoms with E-state index in [0.29, 0.717) is 108 Å². The number of carbonyl (C=O) groups is 5. The molecule has 148 heavy (non-hydrogen) atoms. The minimum atomic E-state index is -4.36. The lowest BCUT2D eigenvalue weighted by molar-refractivity contribution is -0.129. The molecule has 0 radical (unpaired) electrons. The van der Waals surface area contributed by atoms with Crippen molar-refractivity contribution in [3.63, 3.8) is 0 Å². The second-order valence-electron chi connectivity index (χ2n) is 34.0. The monoisotopic (exact) mass is 2090 g/mol. The zero-order chi connectivity index (χ0) is 102. The molecule has 0 saturated carbocycles. The summed E-state index contributed by atoms with van der Waals surface area (Å²) >= 11 is 0. The Morgan fingerprint density at radius 2 is 0.851 bits per heavy atom. The molecule has 18 rings (SSSR count). The summed E-state index contributed by atoms with van der Waals surface area (Å²) in [6.07, 6.45) is 19.0. The predicted molar refractivity (Wildman–Crippen MR) is 582 cm³/mol. The molecular weight excluding hydrogens is 1970 g/mol. The number of fused-ring (bicyclic) bond motifs is 5. The molecule has 12 aromatic heterocycles. The van der Waals surface area contributed by atoms with Crippen molar-refractivity contribution in [3.05, 3.63) is 277 Å². The fraction of sp³-hybridized carbons (Fsp3) is 0.282. The average molecular weight is 2090 g/mol.